The fourth-order valence-electron chi connectivity index (χ4n) is 1.35. The average molecular weight is 194 g/mol. The third-order valence-electron chi connectivity index (χ3n) is 2.07. The first-order valence-corrected chi connectivity index (χ1v) is 4.39. The van der Waals surface area contributed by atoms with Crippen LogP contribution in [0.2, 0.25) is 0 Å². The van der Waals surface area contributed by atoms with E-state index in [1.165, 1.54) is 0 Å². The molecule has 0 saturated carbocycles. The van der Waals surface area contributed by atoms with Crippen molar-refractivity contribution < 1.29 is 14.3 Å². The molecule has 1 aromatic rings. The second-order valence-electron chi connectivity index (χ2n) is 2.93. The molecule has 14 heavy (non-hydrogen) atoms. The third kappa shape index (κ3) is 2.40. The lowest BCUT2D eigenvalue weighted by molar-refractivity contribution is 0.0271. The number of carbonyl (C=O) groups is 1. The van der Waals surface area contributed by atoms with Crippen LogP contribution in [0.5, 0.6) is 0 Å². The average Bonchev–Trinajstić information content (AvgIpc) is 2.26. The summed E-state index contributed by atoms with van der Waals surface area (Å²) in [6.45, 7) is 0.446. The van der Waals surface area contributed by atoms with Gasteiger partial charge in [0.25, 0.3) is 0 Å². The van der Waals surface area contributed by atoms with Crippen molar-refractivity contribution in [2.24, 2.45) is 0 Å². The SMILES string of the molecule is COCC(OC)c1ccccc1C=O. The zero-order valence-corrected chi connectivity index (χ0v) is 8.40. The Bertz CT molecular complexity index is 296. The molecule has 0 aliphatic heterocycles. The number of carbonyl (C=O) groups excluding carboxylic acids is 1. The Morgan fingerprint density at radius 1 is 1.36 bits per heavy atom. The summed E-state index contributed by atoms with van der Waals surface area (Å²) >= 11 is 0. The van der Waals surface area contributed by atoms with Gasteiger partial charge in [0.1, 0.15) is 12.4 Å². The summed E-state index contributed by atoms with van der Waals surface area (Å²) in [6, 6.07) is 7.34. The topological polar surface area (TPSA) is 35.5 Å². The van der Waals surface area contributed by atoms with Crippen LogP contribution in [0, 0.1) is 0 Å². The van der Waals surface area contributed by atoms with Crippen molar-refractivity contribution in [2.45, 2.75) is 6.10 Å². The van der Waals surface area contributed by atoms with Crippen LogP contribution in [0.15, 0.2) is 24.3 Å². The first-order valence-electron chi connectivity index (χ1n) is 4.39. The second-order valence-corrected chi connectivity index (χ2v) is 2.93. The third-order valence-corrected chi connectivity index (χ3v) is 2.07. The fraction of sp³-hybridized carbons (Fsp3) is 0.364. The van der Waals surface area contributed by atoms with Gasteiger partial charge in [-0.1, -0.05) is 24.3 Å². The van der Waals surface area contributed by atoms with Crippen molar-refractivity contribution in [3.63, 3.8) is 0 Å². The van der Waals surface area contributed by atoms with Crippen LogP contribution < -0.4 is 0 Å². The molecule has 0 fully saturated rings. The minimum atomic E-state index is -0.179. The predicted molar refractivity (Wildman–Crippen MR) is 53.5 cm³/mol. The molecule has 0 spiro atoms. The van der Waals surface area contributed by atoms with Crippen molar-refractivity contribution in [1.82, 2.24) is 0 Å². The van der Waals surface area contributed by atoms with Crippen LogP contribution in [0.4, 0.5) is 0 Å². The van der Waals surface area contributed by atoms with Crippen LogP contribution in [0.1, 0.15) is 22.0 Å². The number of hydrogen-bond donors (Lipinski definition) is 0. The highest BCUT2D eigenvalue weighted by Crippen LogP contribution is 2.19. The molecular weight excluding hydrogens is 180 g/mol. The van der Waals surface area contributed by atoms with E-state index in [1.807, 2.05) is 18.2 Å². The maximum absolute atomic E-state index is 10.8. The molecule has 0 radical (unpaired) electrons. The number of methoxy groups -OCH3 is 2. The van der Waals surface area contributed by atoms with E-state index in [1.54, 1.807) is 20.3 Å². The largest absolute Gasteiger partial charge is 0.382 e. The summed E-state index contributed by atoms with van der Waals surface area (Å²) in [5, 5.41) is 0. The number of hydrogen-bond acceptors (Lipinski definition) is 3. The van der Waals surface area contributed by atoms with Crippen molar-refractivity contribution in [3.8, 4) is 0 Å². The molecule has 0 bridgehead atoms. The Hall–Kier alpha value is -1.19. The Balaban J connectivity index is 2.95. The van der Waals surface area contributed by atoms with Gasteiger partial charge in [-0.15, -0.1) is 0 Å². The highest BCUT2D eigenvalue weighted by Gasteiger charge is 2.13. The first kappa shape index (κ1) is 10.9. The molecule has 0 amide bonds. The number of rotatable bonds is 5. The molecule has 1 atom stereocenters. The number of aldehydes is 1. The maximum Gasteiger partial charge on any atom is 0.150 e. The Kier molecular flexibility index (Phi) is 4.29. The molecule has 1 aromatic carbocycles. The van der Waals surface area contributed by atoms with Crippen LogP contribution >= 0.6 is 0 Å². The molecule has 0 heterocycles. The van der Waals surface area contributed by atoms with Gasteiger partial charge in [0, 0.05) is 19.8 Å². The van der Waals surface area contributed by atoms with Crippen LogP contribution in [0.3, 0.4) is 0 Å². The van der Waals surface area contributed by atoms with E-state index in [2.05, 4.69) is 0 Å². The van der Waals surface area contributed by atoms with E-state index >= 15 is 0 Å². The van der Waals surface area contributed by atoms with Crippen LogP contribution in [-0.4, -0.2) is 27.1 Å². The van der Waals surface area contributed by atoms with E-state index < -0.39 is 0 Å². The zero-order valence-electron chi connectivity index (χ0n) is 8.40. The lowest BCUT2D eigenvalue weighted by atomic mass is 10.0. The van der Waals surface area contributed by atoms with Crippen molar-refractivity contribution >= 4 is 6.29 Å². The molecule has 0 aliphatic rings. The van der Waals surface area contributed by atoms with Crippen molar-refractivity contribution in [3.05, 3.63) is 35.4 Å². The first-order chi connectivity index (χ1) is 6.83. The highest BCUT2D eigenvalue weighted by atomic mass is 16.5. The van der Waals surface area contributed by atoms with Crippen LogP contribution in [0.25, 0.3) is 0 Å². The van der Waals surface area contributed by atoms with E-state index in [0.29, 0.717) is 12.2 Å². The minimum Gasteiger partial charge on any atom is -0.382 e. The predicted octanol–water partition coefficient (Wildman–Crippen LogP) is 1.83. The molecule has 0 aliphatic carbocycles. The van der Waals surface area contributed by atoms with E-state index in [0.717, 1.165) is 11.8 Å². The van der Waals surface area contributed by atoms with Gasteiger partial charge in [0.05, 0.1) is 6.61 Å². The number of ether oxygens (including phenoxy) is 2. The Labute approximate surface area is 83.6 Å². The zero-order chi connectivity index (χ0) is 10.4. The maximum atomic E-state index is 10.8. The van der Waals surface area contributed by atoms with Crippen molar-refractivity contribution in [2.75, 3.05) is 20.8 Å². The minimum absolute atomic E-state index is 0.179. The summed E-state index contributed by atoms with van der Waals surface area (Å²) in [4.78, 5) is 10.8. The van der Waals surface area contributed by atoms with Gasteiger partial charge in [-0.2, -0.15) is 0 Å². The van der Waals surface area contributed by atoms with Gasteiger partial charge < -0.3 is 9.47 Å². The highest BCUT2D eigenvalue weighted by molar-refractivity contribution is 5.77. The molecule has 1 rings (SSSR count). The van der Waals surface area contributed by atoms with E-state index in [9.17, 15) is 4.79 Å². The van der Waals surface area contributed by atoms with Gasteiger partial charge in [-0.25, -0.2) is 0 Å². The fourth-order valence-corrected chi connectivity index (χ4v) is 1.35. The molecular formula is C11H14O3. The van der Waals surface area contributed by atoms with E-state index in [-0.39, 0.29) is 6.10 Å². The molecule has 1 unspecified atom stereocenters. The summed E-state index contributed by atoms with van der Waals surface area (Å²) in [5.74, 6) is 0. The van der Waals surface area contributed by atoms with Gasteiger partial charge >= 0.3 is 0 Å². The summed E-state index contributed by atoms with van der Waals surface area (Å²) in [5.41, 5.74) is 1.52. The van der Waals surface area contributed by atoms with Gasteiger partial charge in [0.2, 0.25) is 0 Å². The second kappa shape index (κ2) is 5.52. The normalized spacial score (nSPS) is 12.4. The monoisotopic (exact) mass is 194 g/mol. The quantitative estimate of drug-likeness (QED) is 0.671. The smallest absolute Gasteiger partial charge is 0.150 e. The summed E-state index contributed by atoms with van der Waals surface area (Å²) in [6.07, 6.45) is 0.651. The lowest BCUT2D eigenvalue weighted by Gasteiger charge is -2.16. The lowest BCUT2D eigenvalue weighted by Crippen LogP contribution is -2.10. The Morgan fingerprint density at radius 3 is 2.64 bits per heavy atom. The van der Waals surface area contributed by atoms with Crippen molar-refractivity contribution in [1.29, 1.82) is 0 Å². The summed E-state index contributed by atoms with van der Waals surface area (Å²) < 4.78 is 10.2. The number of benzene rings is 1. The standard InChI is InChI=1S/C11H14O3/c1-13-8-11(14-2)10-6-4-3-5-9(10)7-12/h3-7,11H,8H2,1-2H3. The molecule has 0 saturated heterocycles. The molecule has 0 aromatic heterocycles. The van der Waals surface area contributed by atoms with E-state index in [4.69, 9.17) is 9.47 Å². The van der Waals surface area contributed by atoms with Gasteiger partial charge in [-0.05, 0) is 5.56 Å². The molecule has 3 heteroatoms. The summed E-state index contributed by atoms with van der Waals surface area (Å²) in [7, 11) is 3.21. The van der Waals surface area contributed by atoms with Gasteiger partial charge in [-0.3, -0.25) is 4.79 Å². The molecule has 76 valence electrons. The van der Waals surface area contributed by atoms with Gasteiger partial charge in [0.15, 0.2) is 0 Å². The Morgan fingerprint density at radius 2 is 2.07 bits per heavy atom. The molecule has 3 nitrogen and oxygen atoms in total. The molecule has 0 N–H and O–H groups in total. The van der Waals surface area contributed by atoms with Crippen LogP contribution in [-0.2, 0) is 9.47 Å².